The average Bonchev–Trinajstić information content (AvgIpc) is 2.71. The summed E-state index contributed by atoms with van der Waals surface area (Å²) in [4.78, 5) is 8.45. The molecule has 6 heteroatoms. The van der Waals surface area contributed by atoms with Gasteiger partial charge in [0.05, 0.1) is 15.3 Å². The van der Waals surface area contributed by atoms with Gasteiger partial charge in [-0.05, 0) is 29.0 Å². The van der Waals surface area contributed by atoms with Crippen LogP contribution in [0, 0.1) is 3.57 Å². The first-order valence-electron chi connectivity index (χ1n) is 5.01. The van der Waals surface area contributed by atoms with E-state index in [1.165, 1.54) is 0 Å². The number of aromatic nitrogens is 4. The van der Waals surface area contributed by atoms with Gasteiger partial charge in [0.15, 0.2) is 5.82 Å². The monoisotopic (exact) mass is 329 g/mol. The predicted octanol–water partition coefficient (Wildman–Crippen LogP) is 1.94. The van der Waals surface area contributed by atoms with Gasteiger partial charge in [-0.25, -0.2) is 9.97 Å². The molecule has 0 aromatic carbocycles. The van der Waals surface area contributed by atoms with Gasteiger partial charge in [-0.1, -0.05) is 6.92 Å². The maximum absolute atomic E-state index is 5.74. The van der Waals surface area contributed by atoms with Crippen LogP contribution in [0.4, 0.5) is 5.82 Å². The normalized spacial score (nSPS) is 10.6. The van der Waals surface area contributed by atoms with Crippen molar-refractivity contribution in [3.05, 3.63) is 22.2 Å². The maximum Gasteiger partial charge on any atom is 0.164 e. The van der Waals surface area contributed by atoms with E-state index in [-0.39, 0.29) is 0 Å². The van der Waals surface area contributed by atoms with E-state index in [1.807, 2.05) is 10.9 Å². The number of anilines is 1. The first-order valence-corrected chi connectivity index (χ1v) is 6.09. The molecule has 2 aromatic rings. The Hall–Kier alpha value is -1.18. The van der Waals surface area contributed by atoms with E-state index in [0.29, 0.717) is 11.6 Å². The van der Waals surface area contributed by atoms with Crippen LogP contribution in [0.3, 0.4) is 0 Å². The van der Waals surface area contributed by atoms with E-state index in [9.17, 15) is 0 Å². The fourth-order valence-electron chi connectivity index (χ4n) is 1.35. The fourth-order valence-corrected chi connectivity index (χ4v) is 1.61. The smallest absolute Gasteiger partial charge is 0.164 e. The first kappa shape index (κ1) is 11.3. The summed E-state index contributed by atoms with van der Waals surface area (Å²) < 4.78 is 2.75. The summed E-state index contributed by atoms with van der Waals surface area (Å²) in [6, 6.07) is 0. The minimum Gasteiger partial charge on any atom is -0.383 e. The second kappa shape index (κ2) is 4.77. The lowest BCUT2D eigenvalue weighted by Gasteiger charge is -1.99. The van der Waals surface area contributed by atoms with Gasteiger partial charge in [0.1, 0.15) is 5.82 Å². The molecule has 0 unspecified atom stereocenters. The summed E-state index contributed by atoms with van der Waals surface area (Å²) in [7, 11) is 0. The van der Waals surface area contributed by atoms with Gasteiger partial charge in [0, 0.05) is 18.9 Å². The van der Waals surface area contributed by atoms with Crippen LogP contribution in [0.2, 0.25) is 0 Å². The third-order valence-corrected chi connectivity index (χ3v) is 2.95. The predicted molar refractivity (Wildman–Crippen MR) is 70.7 cm³/mol. The molecule has 0 aliphatic carbocycles. The zero-order valence-electron chi connectivity index (χ0n) is 8.89. The van der Waals surface area contributed by atoms with Gasteiger partial charge in [0.25, 0.3) is 0 Å². The summed E-state index contributed by atoms with van der Waals surface area (Å²) in [5.74, 6) is 1.13. The van der Waals surface area contributed by atoms with Crippen molar-refractivity contribution in [1.29, 1.82) is 0 Å². The lowest BCUT2D eigenvalue weighted by Crippen LogP contribution is -1.98. The number of nitrogens with two attached hydrogens (primary N) is 1. The van der Waals surface area contributed by atoms with Gasteiger partial charge in [-0.2, -0.15) is 5.10 Å². The van der Waals surface area contributed by atoms with Crippen LogP contribution in [0.25, 0.3) is 11.4 Å². The van der Waals surface area contributed by atoms with Crippen LogP contribution in [0.1, 0.15) is 13.3 Å². The molecule has 5 nitrogen and oxygen atoms in total. The molecule has 0 saturated heterocycles. The molecule has 0 amide bonds. The molecule has 2 rings (SSSR count). The van der Waals surface area contributed by atoms with Crippen molar-refractivity contribution in [3.63, 3.8) is 0 Å². The van der Waals surface area contributed by atoms with Gasteiger partial charge in [-0.15, -0.1) is 0 Å². The van der Waals surface area contributed by atoms with E-state index >= 15 is 0 Å². The van der Waals surface area contributed by atoms with Crippen molar-refractivity contribution >= 4 is 28.4 Å². The van der Waals surface area contributed by atoms with Crippen LogP contribution in [-0.2, 0) is 6.54 Å². The van der Waals surface area contributed by atoms with Crippen molar-refractivity contribution in [3.8, 4) is 11.4 Å². The standard InChI is InChI=1S/C10H12IN5/c1-2-3-16-6-7(4-14-16)10-13-5-8(11)9(12)15-10/h4-6H,2-3H2,1H3,(H2,12,13,15). The molecule has 0 fully saturated rings. The Labute approximate surface area is 107 Å². The Morgan fingerprint density at radius 2 is 2.25 bits per heavy atom. The highest BCUT2D eigenvalue weighted by Crippen LogP contribution is 2.17. The van der Waals surface area contributed by atoms with E-state index < -0.39 is 0 Å². The van der Waals surface area contributed by atoms with Crippen molar-refractivity contribution in [1.82, 2.24) is 19.7 Å². The molecule has 84 valence electrons. The molecule has 0 spiro atoms. The molecule has 0 radical (unpaired) electrons. The second-order valence-corrected chi connectivity index (χ2v) is 4.58. The summed E-state index contributed by atoms with van der Waals surface area (Å²) in [5, 5.41) is 4.23. The average molecular weight is 329 g/mol. The Kier molecular flexibility index (Phi) is 3.37. The second-order valence-electron chi connectivity index (χ2n) is 3.42. The minimum absolute atomic E-state index is 0.508. The van der Waals surface area contributed by atoms with E-state index in [0.717, 1.165) is 22.1 Å². The summed E-state index contributed by atoms with van der Waals surface area (Å²) >= 11 is 2.11. The molecule has 0 aliphatic rings. The van der Waals surface area contributed by atoms with E-state index in [2.05, 4.69) is 44.6 Å². The molecule has 0 bridgehead atoms. The Morgan fingerprint density at radius 1 is 1.44 bits per heavy atom. The van der Waals surface area contributed by atoms with Crippen LogP contribution < -0.4 is 5.73 Å². The van der Waals surface area contributed by atoms with Crippen molar-refractivity contribution in [2.75, 3.05) is 5.73 Å². The largest absolute Gasteiger partial charge is 0.383 e. The molecular formula is C10H12IN5. The lowest BCUT2D eigenvalue weighted by molar-refractivity contribution is 0.603. The molecule has 0 atom stereocenters. The number of aryl methyl sites for hydroxylation is 1. The van der Waals surface area contributed by atoms with E-state index in [4.69, 9.17) is 5.73 Å². The van der Waals surface area contributed by atoms with Crippen LogP contribution in [0.5, 0.6) is 0 Å². The topological polar surface area (TPSA) is 69.6 Å². The zero-order valence-corrected chi connectivity index (χ0v) is 11.0. The van der Waals surface area contributed by atoms with Gasteiger partial charge in [-0.3, -0.25) is 4.68 Å². The van der Waals surface area contributed by atoms with Gasteiger partial charge < -0.3 is 5.73 Å². The highest BCUT2D eigenvalue weighted by Gasteiger charge is 2.06. The van der Waals surface area contributed by atoms with Crippen LogP contribution in [-0.4, -0.2) is 19.7 Å². The summed E-state index contributed by atoms with van der Waals surface area (Å²) in [6.45, 7) is 3.01. The van der Waals surface area contributed by atoms with E-state index in [1.54, 1.807) is 12.4 Å². The van der Waals surface area contributed by atoms with Crippen LogP contribution in [0.15, 0.2) is 18.6 Å². The first-order chi connectivity index (χ1) is 7.70. The molecule has 0 saturated carbocycles. The number of hydrogen-bond acceptors (Lipinski definition) is 4. The molecule has 2 aromatic heterocycles. The zero-order chi connectivity index (χ0) is 11.5. The number of hydrogen-bond donors (Lipinski definition) is 1. The van der Waals surface area contributed by atoms with Crippen LogP contribution >= 0.6 is 22.6 Å². The van der Waals surface area contributed by atoms with Gasteiger partial charge in [0.2, 0.25) is 0 Å². The maximum atomic E-state index is 5.74. The molecular weight excluding hydrogens is 317 g/mol. The van der Waals surface area contributed by atoms with Crippen molar-refractivity contribution in [2.24, 2.45) is 0 Å². The number of nitrogen functional groups attached to an aromatic ring is 1. The number of halogens is 1. The Balaban J connectivity index is 2.31. The highest BCUT2D eigenvalue weighted by atomic mass is 127. The van der Waals surface area contributed by atoms with Crippen molar-refractivity contribution < 1.29 is 0 Å². The Bertz CT molecular complexity index is 494. The SMILES string of the molecule is CCCn1cc(-c2ncc(I)c(N)n2)cn1. The molecule has 2 heterocycles. The quantitative estimate of drug-likeness (QED) is 0.874. The minimum atomic E-state index is 0.508. The van der Waals surface area contributed by atoms with Gasteiger partial charge >= 0.3 is 0 Å². The summed E-state index contributed by atoms with van der Waals surface area (Å²) in [6.07, 6.45) is 6.47. The van der Waals surface area contributed by atoms with Crippen molar-refractivity contribution in [2.45, 2.75) is 19.9 Å². The summed E-state index contributed by atoms with van der Waals surface area (Å²) in [5.41, 5.74) is 6.64. The number of nitrogens with zero attached hydrogens (tertiary/aromatic N) is 4. The third kappa shape index (κ3) is 2.31. The Morgan fingerprint density at radius 3 is 2.94 bits per heavy atom. The molecule has 2 N–H and O–H groups in total. The third-order valence-electron chi connectivity index (χ3n) is 2.12. The fraction of sp³-hybridized carbons (Fsp3) is 0.300. The highest BCUT2D eigenvalue weighted by molar-refractivity contribution is 14.1. The molecule has 0 aliphatic heterocycles. The number of rotatable bonds is 3. The molecule has 16 heavy (non-hydrogen) atoms. The lowest BCUT2D eigenvalue weighted by atomic mass is 10.3.